The second-order valence-electron chi connectivity index (χ2n) is 28.6. The zero-order chi connectivity index (χ0) is 83.1. The van der Waals surface area contributed by atoms with Crippen molar-refractivity contribution < 1.29 is 82.1 Å². The van der Waals surface area contributed by atoms with Crippen LogP contribution in [0.25, 0.3) is 32.6 Å². The van der Waals surface area contributed by atoms with Gasteiger partial charge in [0.25, 0.3) is 0 Å². The molecule has 0 saturated carbocycles. The number of hydrogen-bond acceptors (Lipinski definition) is 18. The SMILES string of the molecule is CCCC[C@@H]1NC(=O)[C@H](Cc2c[nH]c3ccccc23)NC(=O)[C@H](CC(=O)O)NC(=O)[C@H](CCCNC(N)=O)NC(=O)CNC(=O)[C@H](CO)NC(=O)[C@H]([C@@H](C)CC)NC(=O)[C@H](Cc2ccc3ccccc3c2)NC(=O)CSC[C@@H](C(N)=O)NC(=O)[C@H](C(C)C)NC(=O)[C@H](Cc2c[nH]c3ccccc23)NC(=O)[C@H](CCCCN)NC1=O. The third-order valence-electron chi connectivity index (χ3n) is 19.5. The first-order valence-electron chi connectivity index (χ1n) is 38.1. The summed E-state index contributed by atoms with van der Waals surface area (Å²) in [7, 11) is 0. The zero-order valence-electron chi connectivity index (χ0n) is 64.4. The number of hydrogen-bond donors (Lipinski definition) is 20. The molecule has 15 amide bonds. The highest BCUT2D eigenvalue weighted by Gasteiger charge is 2.39. The summed E-state index contributed by atoms with van der Waals surface area (Å²) >= 11 is 0.860. The van der Waals surface area contributed by atoms with Crippen LogP contribution in [0.3, 0.4) is 0 Å². The molecule has 0 spiro atoms. The summed E-state index contributed by atoms with van der Waals surface area (Å²) in [5, 5.41) is 57.2. The fraction of sp³-hybridized carbons (Fsp3) is 0.474. The van der Waals surface area contributed by atoms with Crippen molar-refractivity contribution in [3.63, 3.8) is 0 Å². The first-order valence-corrected chi connectivity index (χ1v) is 39.3. The summed E-state index contributed by atoms with van der Waals surface area (Å²) in [6, 6.07) is 8.76. The van der Waals surface area contributed by atoms with E-state index in [4.69, 9.17) is 17.2 Å². The van der Waals surface area contributed by atoms with E-state index in [2.05, 4.69) is 79.1 Å². The van der Waals surface area contributed by atoms with Gasteiger partial charge in [0.1, 0.15) is 66.5 Å². The number of rotatable bonds is 24. The lowest BCUT2D eigenvalue weighted by Crippen LogP contribution is -2.61. The lowest BCUT2D eigenvalue weighted by Gasteiger charge is -2.29. The van der Waals surface area contributed by atoms with Crippen LogP contribution in [-0.4, -0.2) is 213 Å². The van der Waals surface area contributed by atoms with E-state index in [0.29, 0.717) is 57.8 Å². The molecule has 0 aliphatic carbocycles. The average Bonchev–Trinajstić information content (AvgIpc) is 1.62. The molecule has 35 nitrogen and oxygen atoms in total. The number of nitrogens with one attached hydrogen (secondary N) is 15. The van der Waals surface area contributed by atoms with Gasteiger partial charge >= 0.3 is 12.0 Å². The number of carbonyl (C=O) groups excluding carboxylic acids is 14. The van der Waals surface area contributed by atoms with Gasteiger partial charge < -0.3 is 107 Å². The second kappa shape index (κ2) is 44.5. The van der Waals surface area contributed by atoms with Gasteiger partial charge in [-0.25, -0.2) is 4.79 Å². The Balaban J connectivity index is 1.27. The van der Waals surface area contributed by atoms with Crippen LogP contribution in [0, 0.1) is 11.8 Å². The molecule has 0 bridgehead atoms. The van der Waals surface area contributed by atoms with Gasteiger partial charge in [0, 0.05) is 65.8 Å². The van der Waals surface area contributed by atoms with Gasteiger partial charge in [-0.15, -0.1) is 11.8 Å². The molecule has 3 heterocycles. The first kappa shape index (κ1) is 89.5. The van der Waals surface area contributed by atoms with Gasteiger partial charge in [0.05, 0.1) is 25.3 Å². The molecule has 36 heteroatoms. The number of nitrogens with two attached hydrogens (primary N) is 3. The van der Waals surface area contributed by atoms with Crippen molar-refractivity contribution in [3.8, 4) is 0 Å². The Kier molecular flexibility index (Phi) is 35.0. The zero-order valence-corrected chi connectivity index (χ0v) is 65.2. The number of benzene rings is 4. The number of primary amides is 2. The molecule has 114 heavy (non-hydrogen) atoms. The maximum Gasteiger partial charge on any atom is 0.312 e. The predicted octanol–water partition coefficient (Wildman–Crippen LogP) is -0.552. The number of thioether (sulfide) groups is 1. The average molecular weight is 1600 g/mol. The molecule has 0 radical (unpaired) electrons. The molecule has 4 aromatic carbocycles. The molecule has 1 saturated heterocycles. The number of aliphatic hydroxyl groups excluding tert-OH is 1. The summed E-state index contributed by atoms with van der Waals surface area (Å²) in [6.07, 6.45) is 2.69. The number of aliphatic carboxylic acids is 1. The van der Waals surface area contributed by atoms with Gasteiger partial charge in [-0.2, -0.15) is 0 Å². The van der Waals surface area contributed by atoms with Crippen molar-refractivity contribution in [2.45, 2.75) is 185 Å². The quantitative estimate of drug-likeness (QED) is 0.0338. The van der Waals surface area contributed by atoms with Crippen molar-refractivity contribution in [1.29, 1.82) is 0 Å². The van der Waals surface area contributed by atoms with Crippen LogP contribution < -0.4 is 86.3 Å². The second-order valence-corrected chi connectivity index (χ2v) is 29.6. The van der Waals surface area contributed by atoms with E-state index in [9.17, 15) is 67.7 Å². The van der Waals surface area contributed by atoms with Crippen molar-refractivity contribution in [1.82, 2.24) is 79.1 Å². The minimum Gasteiger partial charge on any atom is -0.481 e. The third kappa shape index (κ3) is 27.0. The van der Waals surface area contributed by atoms with E-state index in [1.807, 2.05) is 43.3 Å². The maximum atomic E-state index is 15.1. The number of amides is 15. The number of carboxylic acid groups (broad SMARTS) is 1. The molecule has 7 rings (SSSR count). The van der Waals surface area contributed by atoms with Crippen molar-refractivity contribution >= 4 is 133 Å². The van der Waals surface area contributed by atoms with E-state index >= 15 is 14.4 Å². The number of urea groups is 1. The molecule has 616 valence electrons. The van der Waals surface area contributed by atoms with Crippen molar-refractivity contribution in [2.24, 2.45) is 29.0 Å². The van der Waals surface area contributed by atoms with Crippen LogP contribution in [0.4, 0.5) is 4.79 Å². The van der Waals surface area contributed by atoms with E-state index in [1.165, 1.54) is 0 Å². The van der Waals surface area contributed by atoms with E-state index in [1.54, 1.807) is 94.7 Å². The minimum absolute atomic E-state index is 0.0394. The molecule has 1 aliphatic rings. The van der Waals surface area contributed by atoms with Crippen LogP contribution in [0.2, 0.25) is 0 Å². The number of fused-ring (bicyclic) bond motifs is 3. The van der Waals surface area contributed by atoms with Crippen LogP contribution in [0.1, 0.15) is 116 Å². The standard InChI is InChI=1S/C78H106N18O17S/c1-6-8-22-54-70(105)88-55(25-15-16-29-79)71(106)90-58(34-48-37-84-52-24-14-12-21-50(48)52)75(110)95-65(42(3)4)76(111)94-61(67(80)102)40-114-41-63(99)87-56(32-44-27-28-45-18-9-10-19-46(45)31-44)74(109)96-66(43(5)7-2)77(112)93-60(39-97)68(103)85-38-62(98)86-53(26-17-30-82-78(81)113)69(104)92-59(35-64(100)101)73(108)91-57(72(107)89-54)33-47-36-83-51-23-13-11-20-49(47)51/h9-14,18-21,23-24,27-28,31,36-37,42-43,53-61,65-66,83-84,97H,6-8,15-17,22,25-26,29-30,32-35,38-41,79H2,1-5H3,(H2,80,102)(H,85,103)(H,86,98)(H,87,99)(H,88,105)(H,89,107)(H,90,106)(H,91,108)(H,92,104)(H,93,112)(H,94,111)(H,95,110)(H,96,109)(H,100,101)(H3,81,82,113)/t43-,53-,54-,55-,56-,57-,58-,59-,60-,61-,65-,66-/m0/s1. The summed E-state index contributed by atoms with van der Waals surface area (Å²) in [6.45, 7) is 6.43. The Morgan fingerprint density at radius 2 is 0.991 bits per heavy atom. The molecular weight excluding hydrogens is 1490 g/mol. The fourth-order valence-corrected chi connectivity index (χ4v) is 13.8. The van der Waals surface area contributed by atoms with Gasteiger partial charge in [0.2, 0.25) is 76.8 Å². The van der Waals surface area contributed by atoms with Gasteiger partial charge in [-0.05, 0) is 96.5 Å². The predicted molar refractivity (Wildman–Crippen MR) is 425 cm³/mol. The van der Waals surface area contributed by atoms with Gasteiger partial charge in [0.15, 0.2) is 0 Å². The largest absolute Gasteiger partial charge is 0.481 e. The highest BCUT2D eigenvalue weighted by atomic mass is 32.2. The summed E-state index contributed by atoms with van der Waals surface area (Å²) < 4.78 is 0. The normalized spacial score (nSPS) is 22.9. The number of aromatic nitrogens is 2. The number of H-pyrrole nitrogens is 2. The number of aromatic amines is 2. The van der Waals surface area contributed by atoms with Gasteiger partial charge in [-0.3, -0.25) is 67.1 Å². The summed E-state index contributed by atoms with van der Waals surface area (Å²) in [4.78, 5) is 219. The van der Waals surface area contributed by atoms with Crippen LogP contribution in [0.15, 0.2) is 103 Å². The summed E-state index contributed by atoms with van der Waals surface area (Å²) in [5.41, 5.74) is 20.0. The molecule has 23 N–H and O–H groups in total. The Bertz CT molecular complexity index is 4400. The van der Waals surface area contributed by atoms with Crippen molar-refractivity contribution in [2.75, 3.05) is 37.7 Å². The van der Waals surface area contributed by atoms with E-state index in [-0.39, 0.29) is 76.6 Å². The van der Waals surface area contributed by atoms with Crippen LogP contribution >= 0.6 is 11.8 Å². The Morgan fingerprint density at radius 3 is 1.54 bits per heavy atom. The summed E-state index contributed by atoms with van der Waals surface area (Å²) in [5.74, 6) is -16.4. The number of para-hydroxylation sites is 2. The first-order chi connectivity index (χ1) is 54.5. The maximum absolute atomic E-state index is 15.1. The van der Waals surface area contributed by atoms with Crippen LogP contribution in [-0.2, 0) is 86.4 Å². The molecular formula is C78H106N18O17S. The molecule has 1 aliphatic heterocycles. The Labute approximate surface area is 662 Å². The highest BCUT2D eigenvalue weighted by molar-refractivity contribution is 8.00. The van der Waals surface area contributed by atoms with Crippen LogP contribution in [0.5, 0.6) is 0 Å². The Hall–Kier alpha value is -11.7. The fourth-order valence-electron chi connectivity index (χ4n) is 12.9. The monoisotopic (exact) mass is 1600 g/mol. The number of carboxylic acids is 1. The Morgan fingerprint density at radius 1 is 0.509 bits per heavy atom. The third-order valence-corrected chi connectivity index (χ3v) is 20.6. The molecule has 2 aromatic heterocycles. The number of aliphatic hydroxyl groups is 1. The van der Waals surface area contributed by atoms with E-state index < -0.39 is 192 Å². The highest BCUT2D eigenvalue weighted by Crippen LogP contribution is 2.24. The van der Waals surface area contributed by atoms with Gasteiger partial charge in [-0.1, -0.05) is 133 Å². The molecule has 12 atom stereocenters. The molecule has 0 unspecified atom stereocenters. The lowest BCUT2D eigenvalue weighted by atomic mass is 9.96. The van der Waals surface area contributed by atoms with E-state index in [0.717, 1.165) is 22.5 Å². The molecule has 1 fully saturated rings. The smallest absolute Gasteiger partial charge is 0.312 e. The number of unbranched alkanes of at least 4 members (excludes halogenated alkanes) is 2. The lowest BCUT2D eigenvalue weighted by molar-refractivity contribution is -0.141. The van der Waals surface area contributed by atoms with Crippen molar-refractivity contribution in [3.05, 3.63) is 120 Å². The topological polar surface area (TPSA) is 563 Å². The molecule has 6 aromatic rings. The minimum atomic E-state index is -2.01. The number of carbonyl (C=O) groups is 15.